The molecular weight excluding hydrogens is 350 g/mol. The largest absolute Gasteiger partial charge is 0.296 e. The number of carbonyl (C=O) groups is 2. The second-order valence-electron chi connectivity index (χ2n) is 6.95. The smallest absolute Gasteiger partial charge is 0.187 e. The van der Waals surface area contributed by atoms with Crippen molar-refractivity contribution < 1.29 is 14.4 Å². The number of benzene rings is 3. The highest BCUT2D eigenvalue weighted by Gasteiger charge is 2.53. The lowest BCUT2D eigenvalue weighted by Gasteiger charge is -2.28. The van der Waals surface area contributed by atoms with Gasteiger partial charge >= 0.3 is 0 Å². The molecule has 3 aromatic carbocycles. The SMILES string of the molecule is CC(=O)C1(c2ccccc2)CC(C(=O)c2ccccc2)N(c2ccccc2)O1. The van der Waals surface area contributed by atoms with Gasteiger partial charge in [0.2, 0.25) is 0 Å². The lowest BCUT2D eigenvalue weighted by molar-refractivity contribution is -0.139. The number of rotatable bonds is 5. The first-order chi connectivity index (χ1) is 13.6. The summed E-state index contributed by atoms with van der Waals surface area (Å²) in [5.74, 6) is -0.188. The van der Waals surface area contributed by atoms with E-state index in [1.165, 1.54) is 6.92 Å². The Morgan fingerprint density at radius 3 is 1.96 bits per heavy atom. The summed E-state index contributed by atoms with van der Waals surface area (Å²) in [6.45, 7) is 1.52. The molecule has 0 aliphatic carbocycles. The van der Waals surface area contributed by atoms with Gasteiger partial charge in [0.1, 0.15) is 6.04 Å². The summed E-state index contributed by atoms with van der Waals surface area (Å²) < 4.78 is 0. The molecule has 0 bridgehead atoms. The van der Waals surface area contributed by atoms with E-state index in [1.807, 2.05) is 78.9 Å². The first kappa shape index (κ1) is 18.1. The topological polar surface area (TPSA) is 46.6 Å². The van der Waals surface area contributed by atoms with Gasteiger partial charge in [-0.15, -0.1) is 0 Å². The van der Waals surface area contributed by atoms with Crippen LogP contribution in [0, 0.1) is 0 Å². The zero-order valence-electron chi connectivity index (χ0n) is 15.6. The van der Waals surface area contributed by atoms with E-state index in [-0.39, 0.29) is 18.0 Å². The first-order valence-electron chi connectivity index (χ1n) is 9.31. The Balaban J connectivity index is 1.81. The lowest BCUT2D eigenvalue weighted by Crippen LogP contribution is -2.36. The Bertz CT molecular complexity index is 973. The molecule has 4 heteroatoms. The van der Waals surface area contributed by atoms with Gasteiger partial charge in [-0.3, -0.25) is 14.4 Å². The van der Waals surface area contributed by atoms with Gasteiger partial charge < -0.3 is 0 Å². The van der Waals surface area contributed by atoms with Crippen LogP contribution in [0.15, 0.2) is 91.0 Å². The van der Waals surface area contributed by atoms with Crippen molar-refractivity contribution in [2.24, 2.45) is 0 Å². The maximum atomic E-state index is 13.3. The van der Waals surface area contributed by atoms with Crippen molar-refractivity contribution in [1.82, 2.24) is 0 Å². The van der Waals surface area contributed by atoms with Crippen LogP contribution in [0.4, 0.5) is 5.69 Å². The molecule has 2 atom stereocenters. The highest BCUT2D eigenvalue weighted by molar-refractivity contribution is 6.03. The molecule has 0 N–H and O–H groups in total. The maximum absolute atomic E-state index is 13.3. The third kappa shape index (κ3) is 3.12. The Labute approximate surface area is 164 Å². The summed E-state index contributed by atoms with van der Waals surface area (Å²) in [4.78, 5) is 32.4. The van der Waals surface area contributed by atoms with E-state index < -0.39 is 11.6 Å². The minimum absolute atomic E-state index is 0.0662. The van der Waals surface area contributed by atoms with Crippen molar-refractivity contribution in [3.63, 3.8) is 0 Å². The van der Waals surface area contributed by atoms with Crippen molar-refractivity contribution in [3.8, 4) is 0 Å². The Morgan fingerprint density at radius 1 is 0.857 bits per heavy atom. The van der Waals surface area contributed by atoms with E-state index >= 15 is 0 Å². The quantitative estimate of drug-likeness (QED) is 0.617. The van der Waals surface area contributed by atoms with E-state index in [1.54, 1.807) is 17.2 Å². The molecule has 0 amide bonds. The van der Waals surface area contributed by atoms with Gasteiger partial charge in [-0.05, 0) is 24.6 Å². The minimum atomic E-state index is -1.19. The molecular formula is C24H21NO3. The van der Waals surface area contributed by atoms with Crippen LogP contribution in [0.3, 0.4) is 0 Å². The second-order valence-corrected chi connectivity index (χ2v) is 6.95. The van der Waals surface area contributed by atoms with Crippen LogP contribution in [0.2, 0.25) is 0 Å². The van der Waals surface area contributed by atoms with Gasteiger partial charge in [0, 0.05) is 12.0 Å². The molecule has 0 spiro atoms. The van der Waals surface area contributed by atoms with Gasteiger partial charge in [0.15, 0.2) is 17.2 Å². The fourth-order valence-electron chi connectivity index (χ4n) is 3.71. The standard InChI is InChI=1S/C24H21NO3/c1-18(26)24(20-13-7-3-8-14-20)17-22(23(27)19-11-5-2-6-12-19)25(28-24)21-15-9-4-10-16-21/h2-16,22H,17H2,1H3. The van der Waals surface area contributed by atoms with Gasteiger partial charge in [-0.25, -0.2) is 5.06 Å². The summed E-state index contributed by atoms with van der Waals surface area (Å²) in [6, 6.07) is 27.4. The number of hydrogen-bond acceptors (Lipinski definition) is 4. The van der Waals surface area contributed by atoms with Gasteiger partial charge in [-0.1, -0.05) is 78.9 Å². The van der Waals surface area contributed by atoms with Crippen molar-refractivity contribution in [2.75, 3.05) is 5.06 Å². The van der Waals surface area contributed by atoms with Crippen molar-refractivity contribution in [2.45, 2.75) is 25.0 Å². The average Bonchev–Trinajstić information content (AvgIpc) is 3.17. The number of para-hydroxylation sites is 1. The van der Waals surface area contributed by atoms with Gasteiger partial charge in [0.05, 0.1) is 5.69 Å². The Morgan fingerprint density at radius 2 is 1.39 bits per heavy atom. The summed E-state index contributed by atoms with van der Waals surface area (Å²) in [5.41, 5.74) is 0.915. The molecule has 1 heterocycles. The summed E-state index contributed by atoms with van der Waals surface area (Å²) in [6.07, 6.45) is 0.259. The van der Waals surface area contributed by atoms with Crippen molar-refractivity contribution in [1.29, 1.82) is 0 Å². The summed E-state index contributed by atoms with van der Waals surface area (Å²) in [5, 5.41) is 1.60. The molecule has 1 fully saturated rings. The van der Waals surface area contributed by atoms with Crippen LogP contribution in [-0.2, 0) is 15.2 Å². The Kier molecular flexibility index (Phi) is 4.80. The number of nitrogens with zero attached hydrogens (tertiary/aromatic N) is 1. The number of hydrogen-bond donors (Lipinski definition) is 0. The Hall–Kier alpha value is -3.24. The van der Waals surface area contributed by atoms with Gasteiger partial charge in [0.25, 0.3) is 0 Å². The zero-order chi connectivity index (χ0) is 19.6. The fraction of sp³-hybridized carbons (Fsp3) is 0.167. The van der Waals surface area contributed by atoms with Gasteiger partial charge in [-0.2, -0.15) is 0 Å². The molecule has 4 nitrogen and oxygen atoms in total. The third-order valence-corrected chi connectivity index (χ3v) is 5.20. The van der Waals surface area contributed by atoms with E-state index in [0.717, 1.165) is 11.3 Å². The van der Waals surface area contributed by atoms with E-state index in [4.69, 9.17) is 4.84 Å². The fourth-order valence-corrected chi connectivity index (χ4v) is 3.71. The molecule has 0 radical (unpaired) electrons. The van der Waals surface area contributed by atoms with E-state index in [0.29, 0.717) is 5.56 Å². The number of Topliss-reactive ketones (excluding diaryl/α,β-unsaturated/α-hetero) is 2. The molecule has 0 aromatic heterocycles. The number of hydroxylamine groups is 1. The lowest BCUT2D eigenvalue weighted by atomic mass is 9.83. The second kappa shape index (κ2) is 7.41. The number of ketones is 2. The maximum Gasteiger partial charge on any atom is 0.187 e. The normalized spacial score (nSPS) is 21.5. The van der Waals surface area contributed by atoms with E-state index in [9.17, 15) is 9.59 Å². The third-order valence-electron chi connectivity index (χ3n) is 5.20. The van der Waals surface area contributed by atoms with Crippen LogP contribution >= 0.6 is 0 Å². The van der Waals surface area contributed by atoms with Crippen LogP contribution in [0.5, 0.6) is 0 Å². The molecule has 3 aromatic rings. The highest BCUT2D eigenvalue weighted by atomic mass is 16.7. The van der Waals surface area contributed by atoms with Crippen LogP contribution < -0.4 is 5.06 Å². The number of anilines is 1. The first-order valence-corrected chi connectivity index (χ1v) is 9.31. The summed E-state index contributed by atoms with van der Waals surface area (Å²) >= 11 is 0. The molecule has 1 saturated heterocycles. The predicted molar refractivity (Wildman–Crippen MR) is 108 cm³/mol. The number of carbonyl (C=O) groups excluding carboxylic acids is 2. The van der Waals surface area contributed by atoms with E-state index in [2.05, 4.69) is 0 Å². The molecule has 28 heavy (non-hydrogen) atoms. The minimum Gasteiger partial charge on any atom is -0.296 e. The van der Waals surface area contributed by atoms with Crippen LogP contribution in [0.1, 0.15) is 29.3 Å². The van der Waals surface area contributed by atoms with Crippen molar-refractivity contribution in [3.05, 3.63) is 102 Å². The predicted octanol–water partition coefficient (Wildman–Crippen LogP) is 4.56. The molecule has 0 saturated carbocycles. The van der Waals surface area contributed by atoms with Crippen LogP contribution in [0.25, 0.3) is 0 Å². The van der Waals surface area contributed by atoms with Crippen molar-refractivity contribution >= 4 is 17.3 Å². The highest BCUT2D eigenvalue weighted by Crippen LogP contribution is 2.43. The molecule has 4 rings (SSSR count). The molecule has 140 valence electrons. The molecule has 2 unspecified atom stereocenters. The zero-order valence-corrected chi connectivity index (χ0v) is 15.6. The molecule has 1 aliphatic rings. The van der Waals surface area contributed by atoms with Crippen LogP contribution in [-0.4, -0.2) is 17.6 Å². The summed E-state index contributed by atoms with van der Waals surface area (Å²) in [7, 11) is 0. The monoisotopic (exact) mass is 371 g/mol. The molecule has 1 aliphatic heterocycles. The average molecular weight is 371 g/mol.